The zero-order chi connectivity index (χ0) is 13.2. The lowest BCUT2D eigenvalue weighted by atomic mass is 9.93. The van der Waals surface area contributed by atoms with Gasteiger partial charge in [-0.3, -0.25) is 0 Å². The van der Waals surface area contributed by atoms with Gasteiger partial charge in [0.25, 0.3) is 0 Å². The van der Waals surface area contributed by atoms with Crippen molar-refractivity contribution in [1.82, 2.24) is 15.5 Å². The van der Waals surface area contributed by atoms with Crippen LogP contribution < -0.4 is 5.32 Å². The van der Waals surface area contributed by atoms with E-state index in [-0.39, 0.29) is 12.4 Å². The van der Waals surface area contributed by atoms with Crippen molar-refractivity contribution < 1.29 is 4.52 Å². The number of aromatic nitrogens is 2. The summed E-state index contributed by atoms with van der Waals surface area (Å²) in [5, 5.41) is 8.16. The van der Waals surface area contributed by atoms with E-state index in [1.807, 2.05) is 24.3 Å². The van der Waals surface area contributed by atoms with Crippen LogP contribution in [0.2, 0.25) is 5.02 Å². The summed E-state index contributed by atoms with van der Waals surface area (Å²) < 4.78 is 5.41. The fourth-order valence-electron chi connectivity index (χ4n) is 2.50. The maximum Gasteiger partial charge on any atom is 0.230 e. The summed E-state index contributed by atoms with van der Waals surface area (Å²) in [5.41, 5.74) is 0.893. The van der Waals surface area contributed by atoms with Crippen LogP contribution in [0, 0.1) is 0 Å². The third-order valence-electron chi connectivity index (χ3n) is 3.50. The van der Waals surface area contributed by atoms with Crippen molar-refractivity contribution in [1.29, 1.82) is 0 Å². The molecule has 2 atom stereocenters. The summed E-state index contributed by atoms with van der Waals surface area (Å²) in [4.78, 5) is 4.52. The molecule has 1 aliphatic rings. The lowest BCUT2D eigenvalue weighted by Crippen LogP contribution is -2.34. The predicted octanol–water partition coefficient (Wildman–Crippen LogP) is 3.67. The van der Waals surface area contributed by atoms with Crippen LogP contribution in [0.25, 0.3) is 11.4 Å². The molecule has 2 heterocycles. The minimum Gasteiger partial charge on any atom is -0.339 e. The summed E-state index contributed by atoms with van der Waals surface area (Å²) >= 11 is 5.97. The highest BCUT2D eigenvalue weighted by Crippen LogP contribution is 2.28. The molecule has 20 heavy (non-hydrogen) atoms. The van der Waals surface area contributed by atoms with E-state index in [0.717, 1.165) is 30.8 Å². The van der Waals surface area contributed by atoms with E-state index in [4.69, 9.17) is 16.1 Å². The minimum atomic E-state index is 0. The van der Waals surface area contributed by atoms with Gasteiger partial charge in [0.15, 0.2) is 0 Å². The Labute approximate surface area is 129 Å². The van der Waals surface area contributed by atoms with Crippen LogP contribution in [0.1, 0.15) is 31.6 Å². The maximum absolute atomic E-state index is 5.97. The molecule has 0 unspecified atom stereocenters. The predicted molar refractivity (Wildman–Crippen MR) is 81.4 cm³/mol. The zero-order valence-electron chi connectivity index (χ0n) is 11.2. The number of rotatable bonds is 2. The van der Waals surface area contributed by atoms with E-state index in [9.17, 15) is 0 Å². The van der Waals surface area contributed by atoms with Crippen molar-refractivity contribution >= 4 is 24.0 Å². The summed E-state index contributed by atoms with van der Waals surface area (Å²) in [6.45, 7) is 3.18. The molecule has 0 saturated carbocycles. The first-order chi connectivity index (χ1) is 9.22. The second-order valence-electron chi connectivity index (χ2n) is 5.04. The van der Waals surface area contributed by atoms with Gasteiger partial charge in [0.05, 0.1) is 0 Å². The Morgan fingerprint density at radius 3 is 3.00 bits per heavy atom. The molecule has 0 aliphatic carbocycles. The lowest BCUT2D eigenvalue weighted by Gasteiger charge is -2.25. The lowest BCUT2D eigenvalue weighted by molar-refractivity contribution is 0.295. The van der Waals surface area contributed by atoms with Crippen molar-refractivity contribution in [3.05, 3.63) is 35.2 Å². The Kier molecular flexibility index (Phi) is 5.02. The number of halogens is 2. The topological polar surface area (TPSA) is 51.0 Å². The molecule has 0 bridgehead atoms. The van der Waals surface area contributed by atoms with Crippen molar-refractivity contribution in [2.24, 2.45) is 0 Å². The maximum atomic E-state index is 5.97. The Balaban J connectivity index is 0.00000147. The molecule has 1 aromatic carbocycles. The van der Waals surface area contributed by atoms with Crippen LogP contribution in [0.15, 0.2) is 28.8 Å². The normalized spacial score (nSPS) is 22.3. The third kappa shape index (κ3) is 3.32. The second-order valence-corrected chi connectivity index (χ2v) is 5.48. The summed E-state index contributed by atoms with van der Waals surface area (Å²) in [7, 11) is 0. The van der Waals surface area contributed by atoms with Gasteiger partial charge in [0.2, 0.25) is 11.7 Å². The van der Waals surface area contributed by atoms with Gasteiger partial charge in [-0.05, 0) is 38.4 Å². The Bertz CT molecular complexity index is 573. The number of hydrogen-bond acceptors (Lipinski definition) is 4. The molecule has 1 N–H and O–H groups in total. The molecule has 108 valence electrons. The van der Waals surface area contributed by atoms with Gasteiger partial charge in [0.1, 0.15) is 0 Å². The van der Waals surface area contributed by atoms with E-state index in [0.29, 0.717) is 22.8 Å². The van der Waals surface area contributed by atoms with Crippen molar-refractivity contribution in [3.63, 3.8) is 0 Å². The van der Waals surface area contributed by atoms with Gasteiger partial charge in [0, 0.05) is 22.5 Å². The van der Waals surface area contributed by atoms with Gasteiger partial charge in [-0.15, -0.1) is 12.4 Å². The highest BCUT2D eigenvalue weighted by molar-refractivity contribution is 6.30. The number of piperidine rings is 1. The van der Waals surface area contributed by atoms with Gasteiger partial charge < -0.3 is 9.84 Å². The molecule has 0 spiro atoms. The first-order valence-electron chi connectivity index (χ1n) is 6.55. The second kappa shape index (κ2) is 6.57. The Morgan fingerprint density at radius 1 is 1.40 bits per heavy atom. The average Bonchev–Trinajstić information content (AvgIpc) is 2.88. The van der Waals surface area contributed by atoms with Gasteiger partial charge >= 0.3 is 0 Å². The highest BCUT2D eigenvalue weighted by Gasteiger charge is 2.25. The van der Waals surface area contributed by atoms with E-state index in [1.165, 1.54) is 0 Å². The van der Waals surface area contributed by atoms with E-state index in [1.54, 1.807) is 0 Å². The molecular formula is C14H17Cl2N3O. The van der Waals surface area contributed by atoms with Crippen LogP contribution in [-0.4, -0.2) is 22.7 Å². The molecule has 0 amide bonds. The number of hydrogen-bond donors (Lipinski definition) is 1. The van der Waals surface area contributed by atoms with Crippen LogP contribution in [0.4, 0.5) is 0 Å². The monoisotopic (exact) mass is 313 g/mol. The molecule has 1 aromatic heterocycles. The Morgan fingerprint density at radius 2 is 2.25 bits per heavy atom. The first kappa shape index (κ1) is 15.3. The molecule has 3 rings (SSSR count). The number of nitrogens with one attached hydrogen (secondary N) is 1. The van der Waals surface area contributed by atoms with Crippen molar-refractivity contribution in [3.8, 4) is 11.4 Å². The Hall–Kier alpha value is -1.10. The molecule has 0 radical (unpaired) electrons. The van der Waals surface area contributed by atoms with Gasteiger partial charge in [-0.25, -0.2) is 0 Å². The molecule has 1 aliphatic heterocycles. The molecule has 6 heteroatoms. The fourth-order valence-corrected chi connectivity index (χ4v) is 2.69. The third-order valence-corrected chi connectivity index (χ3v) is 3.73. The van der Waals surface area contributed by atoms with E-state index < -0.39 is 0 Å². The van der Waals surface area contributed by atoms with E-state index in [2.05, 4.69) is 22.4 Å². The number of nitrogens with zero attached hydrogens (tertiary/aromatic N) is 2. The number of benzene rings is 1. The van der Waals surface area contributed by atoms with Crippen molar-refractivity contribution in [2.75, 3.05) is 6.54 Å². The smallest absolute Gasteiger partial charge is 0.230 e. The minimum absolute atomic E-state index is 0. The van der Waals surface area contributed by atoms with Gasteiger partial charge in [-0.2, -0.15) is 4.98 Å². The van der Waals surface area contributed by atoms with Crippen LogP contribution in [0.3, 0.4) is 0 Å². The largest absolute Gasteiger partial charge is 0.339 e. The highest BCUT2D eigenvalue weighted by atomic mass is 35.5. The van der Waals surface area contributed by atoms with Crippen molar-refractivity contribution in [2.45, 2.75) is 31.7 Å². The molecule has 2 aromatic rings. The standard InChI is InChI=1S/C14H16ClN3O.ClH/c1-9-7-11(5-6-16-9)14-17-13(18-19-14)10-3-2-4-12(15)8-10;/h2-4,8-9,11,16H,5-7H2,1H3;1H/t9-,11-;/m0./s1. The first-order valence-corrected chi connectivity index (χ1v) is 6.93. The molecular weight excluding hydrogens is 297 g/mol. The summed E-state index contributed by atoms with van der Waals surface area (Å²) in [5.74, 6) is 1.71. The average molecular weight is 314 g/mol. The fraction of sp³-hybridized carbons (Fsp3) is 0.429. The molecule has 4 nitrogen and oxygen atoms in total. The summed E-state index contributed by atoms with van der Waals surface area (Å²) in [6, 6.07) is 8.01. The molecule has 1 fully saturated rings. The van der Waals surface area contributed by atoms with Crippen LogP contribution in [0.5, 0.6) is 0 Å². The van der Waals surface area contributed by atoms with E-state index >= 15 is 0 Å². The SMILES string of the molecule is C[C@H]1C[C@@H](c2nc(-c3cccc(Cl)c3)no2)CCN1.Cl. The zero-order valence-corrected chi connectivity index (χ0v) is 12.7. The van der Waals surface area contributed by atoms with Gasteiger partial charge in [-0.1, -0.05) is 28.9 Å². The summed E-state index contributed by atoms with van der Waals surface area (Å²) in [6.07, 6.45) is 2.08. The van der Waals surface area contributed by atoms with Crippen LogP contribution in [-0.2, 0) is 0 Å². The molecule has 1 saturated heterocycles. The quantitative estimate of drug-likeness (QED) is 0.919. The van der Waals surface area contributed by atoms with Crippen LogP contribution >= 0.6 is 24.0 Å².